The molecule has 152 valence electrons. The zero-order chi connectivity index (χ0) is 19.1. The van der Waals surface area contributed by atoms with Gasteiger partial charge in [0.15, 0.2) is 0 Å². The van der Waals surface area contributed by atoms with Gasteiger partial charge in [0.25, 0.3) is 0 Å². The quantitative estimate of drug-likeness (QED) is 0.210. The number of aliphatic hydroxyl groups excluding tert-OH is 6. The first-order chi connectivity index (χ1) is 12.5. The van der Waals surface area contributed by atoms with Gasteiger partial charge in [0, 0.05) is 0 Å². The molecule has 0 saturated carbocycles. The first kappa shape index (κ1) is 21.6. The van der Waals surface area contributed by atoms with Gasteiger partial charge in [0.05, 0.1) is 39.6 Å². The molecule has 8 atom stereocenters. The molecule has 10 heteroatoms. The molecule has 2 rings (SSSR count). The van der Waals surface area contributed by atoms with Crippen molar-refractivity contribution in [2.45, 2.75) is 48.8 Å². The van der Waals surface area contributed by atoms with Crippen molar-refractivity contribution in [3.05, 3.63) is 12.2 Å². The van der Waals surface area contributed by atoms with Gasteiger partial charge in [-0.2, -0.15) is 0 Å². The molecule has 0 aromatic rings. The maximum absolute atomic E-state index is 9.97. The predicted molar refractivity (Wildman–Crippen MR) is 86.3 cm³/mol. The van der Waals surface area contributed by atoms with Crippen molar-refractivity contribution in [2.75, 3.05) is 39.6 Å². The van der Waals surface area contributed by atoms with Crippen molar-refractivity contribution in [3.63, 3.8) is 0 Å². The Kier molecular flexibility index (Phi) is 8.84. The minimum Gasteiger partial charge on any atom is -0.394 e. The molecule has 0 aromatic heterocycles. The highest BCUT2D eigenvalue weighted by Crippen LogP contribution is 2.21. The van der Waals surface area contributed by atoms with E-state index in [1.165, 1.54) is 0 Å². The third-order valence-electron chi connectivity index (χ3n) is 4.45. The summed E-state index contributed by atoms with van der Waals surface area (Å²) >= 11 is 0. The van der Waals surface area contributed by atoms with Gasteiger partial charge >= 0.3 is 0 Å². The van der Waals surface area contributed by atoms with Gasteiger partial charge in [-0.1, -0.05) is 12.2 Å². The summed E-state index contributed by atoms with van der Waals surface area (Å²) in [5, 5.41) is 56.7. The Morgan fingerprint density at radius 3 is 1.54 bits per heavy atom. The zero-order valence-corrected chi connectivity index (χ0v) is 14.3. The normalized spacial score (nSPS) is 37.5. The minimum absolute atomic E-state index is 0.118. The van der Waals surface area contributed by atoms with E-state index in [4.69, 9.17) is 29.2 Å². The maximum atomic E-state index is 9.97. The van der Waals surface area contributed by atoms with E-state index < -0.39 is 62.0 Å². The molecule has 6 N–H and O–H groups in total. The van der Waals surface area contributed by atoms with Crippen LogP contribution in [0.5, 0.6) is 0 Å². The number of hydrogen-bond acceptors (Lipinski definition) is 10. The van der Waals surface area contributed by atoms with E-state index in [0.717, 1.165) is 0 Å². The minimum atomic E-state index is -1.16. The van der Waals surface area contributed by atoms with Crippen LogP contribution in [0.1, 0.15) is 0 Å². The lowest BCUT2D eigenvalue weighted by atomic mass is 10.1. The fourth-order valence-electron chi connectivity index (χ4n) is 2.90. The van der Waals surface area contributed by atoms with Crippen LogP contribution in [-0.4, -0.2) is 119 Å². The third-order valence-corrected chi connectivity index (χ3v) is 4.45. The van der Waals surface area contributed by atoms with Crippen molar-refractivity contribution in [1.82, 2.24) is 0 Å². The second kappa shape index (κ2) is 10.6. The molecular weight excluding hydrogens is 352 g/mol. The lowest BCUT2D eigenvalue weighted by molar-refractivity contribution is -0.0719. The molecule has 2 aliphatic rings. The summed E-state index contributed by atoms with van der Waals surface area (Å²) in [6, 6.07) is 0. The molecule has 0 radical (unpaired) electrons. The van der Waals surface area contributed by atoms with Gasteiger partial charge in [-0.25, -0.2) is 0 Å². The van der Waals surface area contributed by atoms with E-state index in [1.54, 1.807) is 12.2 Å². The Balaban J connectivity index is 1.62. The summed E-state index contributed by atoms with van der Waals surface area (Å²) in [6.45, 7) is -0.393. The largest absolute Gasteiger partial charge is 0.394 e. The van der Waals surface area contributed by atoms with Gasteiger partial charge in [0.1, 0.15) is 48.8 Å². The summed E-state index contributed by atoms with van der Waals surface area (Å²) in [5.74, 6) is 0. The van der Waals surface area contributed by atoms with E-state index in [2.05, 4.69) is 0 Å². The molecule has 0 aliphatic carbocycles. The molecular formula is C16H28O10. The average molecular weight is 380 g/mol. The number of rotatable bonds is 10. The molecule has 0 bridgehead atoms. The van der Waals surface area contributed by atoms with E-state index >= 15 is 0 Å². The van der Waals surface area contributed by atoms with E-state index in [9.17, 15) is 20.4 Å². The Morgan fingerprint density at radius 1 is 0.808 bits per heavy atom. The summed E-state index contributed by atoms with van der Waals surface area (Å²) < 4.78 is 21.3. The smallest absolute Gasteiger partial charge is 0.114 e. The second-order valence-electron chi connectivity index (χ2n) is 6.29. The topological polar surface area (TPSA) is 158 Å². The summed E-state index contributed by atoms with van der Waals surface area (Å²) in [5.41, 5.74) is 0. The number of hydrogen-bond donors (Lipinski definition) is 6. The summed E-state index contributed by atoms with van der Waals surface area (Å²) in [4.78, 5) is 0. The number of ether oxygens (including phenoxy) is 4. The van der Waals surface area contributed by atoms with E-state index in [-0.39, 0.29) is 26.4 Å². The van der Waals surface area contributed by atoms with Crippen LogP contribution in [0.15, 0.2) is 12.2 Å². The molecule has 2 saturated heterocycles. The van der Waals surface area contributed by atoms with Crippen molar-refractivity contribution < 1.29 is 49.6 Å². The Bertz CT molecular complexity index is 395. The number of aliphatic hydroxyl groups is 6. The molecule has 0 aromatic carbocycles. The third kappa shape index (κ3) is 5.42. The fourth-order valence-corrected chi connectivity index (χ4v) is 2.90. The summed E-state index contributed by atoms with van der Waals surface area (Å²) in [6.07, 6.45) is -3.96. The highest BCUT2D eigenvalue weighted by atomic mass is 16.6. The molecule has 2 aliphatic heterocycles. The monoisotopic (exact) mass is 380 g/mol. The van der Waals surface area contributed by atoms with Crippen LogP contribution in [0.25, 0.3) is 0 Å². The van der Waals surface area contributed by atoms with Crippen LogP contribution in [-0.2, 0) is 18.9 Å². The molecule has 0 unspecified atom stereocenters. The SMILES string of the molecule is OC[C@@H](O)[C@H]1OC[C@H](OC/C=C/CO[C@H]2CO[C@H]([C@H](O)CO)[C@@H]2O)[C@H]1O. The first-order valence-corrected chi connectivity index (χ1v) is 8.55. The van der Waals surface area contributed by atoms with Crippen LogP contribution in [0, 0.1) is 0 Å². The highest BCUT2D eigenvalue weighted by Gasteiger charge is 2.41. The second-order valence-corrected chi connectivity index (χ2v) is 6.29. The molecule has 10 nitrogen and oxygen atoms in total. The lowest BCUT2D eigenvalue weighted by Crippen LogP contribution is -2.41. The van der Waals surface area contributed by atoms with Crippen LogP contribution in [0.4, 0.5) is 0 Å². The van der Waals surface area contributed by atoms with Crippen LogP contribution >= 0.6 is 0 Å². The molecule has 0 amide bonds. The van der Waals surface area contributed by atoms with Crippen LogP contribution < -0.4 is 0 Å². The van der Waals surface area contributed by atoms with E-state index in [0.29, 0.717) is 0 Å². The fraction of sp³-hybridized carbons (Fsp3) is 0.875. The average Bonchev–Trinajstić information content (AvgIpc) is 3.20. The molecule has 0 spiro atoms. The highest BCUT2D eigenvalue weighted by molar-refractivity contribution is 4.92. The summed E-state index contributed by atoms with van der Waals surface area (Å²) in [7, 11) is 0. The van der Waals surface area contributed by atoms with Gasteiger partial charge in [-0.05, 0) is 0 Å². The lowest BCUT2D eigenvalue weighted by Gasteiger charge is -2.20. The van der Waals surface area contributed by atoms with Crippen molar-refractivity contribution >= 4 is 0 Å². The molecule has 2 heterocycles. The van der Waals surface area contributed by atoms with Crippen LogP contribution in [0.3, 0.4) is 0 Å². The van der Waals surface area contributed by atoms with Crippen molar-refractivity contribution in [2.24, 2.45) is 0 Å². The molecule has 26 heavy (non-hydrogen) atoms. The zero-order valence-electron chi connectivity index (χ0n) is 14.3. The van der Waals surface area contributed by atoms with Crippen molar-refractivity contribution in [3.8, 4) is 0 Å². The van der Waals surface area contributed by atoms with E-state index in [1.807, 2.05) is 0 Å². The standard InChI is InChI=1S/C16H28O10/c17-5-9(19)15-13(21)11(7-25-15)23-3-1-2-4-24-12-8-26-16(14(12)22)10(20)6-18/h1-2,9-22H,3-8H2/b2-1+/t9-,10-,11+,12+,13-,14-,15-,16-/m1/s1. The Hall–Kier alpha value is -0.660. The maximum Gasteiger partial charge on any atom is 0.114 e. The van der Waals surface area contributed by atoms with Gasteiger partial charge < -0.3 is 49.6 Å². The Labute approximate surface area is 151 Å². The molecule has 2 fully saturated rings. The van der Waals surface area contributed by atoms with Gasteiger partial charge in [-0.15, -0.1) is 0 Å². The van der Waals surface area contributed by atoms with Gasteiger partial charge in [0.2, 0.25) is 0 Å². The van der Waals surface area contributed by atoms with Gasteiger partial charge in [-0.3, -0.25) is 0 Å². The van der Waals surface area contributed by atoms with Crippen molar-refractivity contribution in [1.29, 1.82) is 0 Å². The van der Waals surface area contributed by atoms with Crippen LogP contribution in [0.2, 0.25) is 0 Å². The first-order valence-electron chi connectivity index (χ1n) is 8.55. The predicted octanol–water partition coefficient (Wildman–Crippen LogP) is -3.46. The Morgan fingerprint density at radius 2 is 1.19 bits per heavy atom.